The van der Waals surface area contributed by atoms with Crippen LogP contribution in [0.1, 0.15) is 60.3 Å². The summed E-state index contributed by atoms with van der Waals surface area (Å²) < 4.78 is 17.4. The standard InChI is InChI=1S/C36H44N4O8/c1-21(2)26(38-34(45)48-35(3,4)5)19-31(41)40-20-24(17-29(40)32(42)39-36(14-15-36)33(43)44)47-30-18-27(22-10-8-7-9-11-22)37-28-16-23(46-6)12-13-25(28)30/h7-13,16,18,21,24,26,29H,14-15,17,19-20H2,1-6H3,(H,38,45)(H,39,42)(H,43,44)/t24-,26-,29+/m1/s1. The van der Waals surface area contributed by atoms with Crippen molar-refractivity contribution in [1.82, 2.24) is 20.5 Å². The molecule has 2 heterocycles. The molecule has 5 rings (SSSR count). The van der Waals surface area contributed by atoms with E-state index in [0.717, 1.165) is 10.9 Å². The fourth-order valence-corrected chi connectivity index (χ4v) is 5.80. The number of hydrogen-bond acceptors (Lipinski definition) is 8. The Morgan fingerprint density at radius 1 is 1.06 bits per heavy atom. The van der Waals surface area contributed by atoms with Gasteiger partial charge in [-0.05, 0) is 51.7 Å². The molecule has 0 unspecified atom stereocenters. The van der Waals surface area contributed by atoms with E-state index in [1.807, 2.05) is 68.4 Å². The first kappa shape index (κ1) is 34.5. The van der Waals surface area contributed by atoms with E-state index < -0.39 is 47.3 Å². The number of fused-ring (bicyclic) bond motifs is 1. The first-order valence-electron chi connectivity index (χ1n) is 16.2. The molecule has 0 bridgehead atoms. The molecule has 1 saturated heterocycles. The molecule has 1 aliphatic carbocycles. The Hall–Kier alpha value is -4.87. The monoisotopic (exact) mass is 660 g/mol. The highest BCUT2D eigenvalue weighted by molar-refractivity contribution is 5.94. The predicted octanol–water partition coefficient (Wildman–Crippen LogP) is 4.93. The number of alkyl carbamates (subject to hydrolysis) is 1. The third-order valence-corrected chi connectivity index (χ3v) is 8.65. The van der Waals surface area contributed by atoms with Crippen molar-refractivity contribution < 1.29 is 38.5 Å². The molecule has 2 fully saturated rings. The molecule has 1 aromatic heterocycles. The number of carbonyl (C=O) groups is 4. The Morgan fingerprint density at radius 2 is 1.77 bits per heavy atom. The Morgan fingerprint density at radius 3 is 2.38 bits per heavy atom. The lowest BCUT2D eigenvalue weighted by Gasteiger charge is -2.29. The minimum atomic E-state index is -1.32. The second-order valence-corrected chi connectivity index (χ2v) is 13.9. The number of nitrogens with zero attached hydrogens (tertiary/aromatic N) is 2. The number of rotatable bonds is 11. The summed E-state index contributed by atoms with van der Waals surface area (Å²) in [6.45, 7) is 9.11. The molecule has 256 valence electrons. The number of hydrogen-bond donors (Lipinski definition) is 3. The summed E-state index contributed by atoms with van der Waals surface area (Å²) in [6, 6.07) is 15.4. The summed E-state index contributed by atoms with van der Waals surface area (Å²) in [5.41, 5.74) is 0.166. The molecule has 12 heteroatoms. The number of ether oxygens (including phenoxy) is 3. The summed E-state index contributed by atoms with van der Waals surface area (Å²) in [5, 5.41) is 15.9. The minimum Gasteiger partial charge on any atom is -0.497 e. The van der Waals surface area contributed by atoms with Crippen molar-refractivity contribution in [1.29, 1.82) is 0 Å². The van der Waals surface area contributed by atoms with Gasteiger partial charge in [0.05, 0.1) is 24.9 Å². The summed E-state index contributed by atoms with van der Waals surface area (Å²) in [5.74, 6) is -0.992. The van der Waals surface area contributed by atoms with Crippen LogP contribution in [0.2, 0.25) is 0 Å². The van der Waals surface area contributed by atoms with Gasteiger partial charge in [0, 0.05) is 42.0 Å². The van der Waals surface area contributed by atoms with Gasteiger partial charge in [0.25, 0.3) is 0 Å². The van der Waals surface area contributed by atoms with Crippen molar-refractivity contribution in [2.75, 3.05) is 13.7 Å². The average molecular weight is 661 g/mol. The number of carboxylic acids is 1. The topological polar surface area (TPSA) is 156 Å². The van der Waals surface area contributed by atoms with Gasteiger partial charge in [0.1, 0.15) is 34.8 Å². The lowest BCUT2D eigenvalue weighted by atomic mass is 10.00. The van der Waals surface area contributed by atoms with Crippen LogP contribution in [-0.2, 0) is 19.1 Å². The maximum absolute atomic E-state index is 13.9. The van der Waals surface area contributed by atoms with Gasteiger partial charge in [0.15, 0.2) is 0 Å². The highest BCUT2D eigenvalue weighted by atomic mass is 16.6. The van der Waals surface area contributed by atoms with Crippen LogP contribution >= 0.6 is 0 Å². The van der Waals surface area contributed by atoms with Crippen molar-refractivity contribution in [3.8, 4) is 22.8 Å². The van der Waals surface area contributed by atoms with Crippen molar-refractivity contribution >= 4 is 34.8 Å². The summed E-state index contributed by atoms with van der Waals surface area (Å²) >= 11 is 0. The number of pyridine rings is 1. The number of nitrogens with one attached hydrogen (secondary N) is 2. The number of likely N-dealkylation sites (tertiary alicyclic amines) is 1. The van der Waals surface area contributed by atoms with Crippen molar-refractivity contribution in [2.24, 2.45) is 5.92 Å². The third-order valence-electron chi connectivity index (χ3n) is 8.65. The van der Waals surface area contributed by atoms with Crippen LogP contribution in [0.25, 0.3) is 22.2 Å². The molecule has 12 nitrogen and oxygen atoms in total. The number of aliphatic carboxylic acids is 1. The van der Waals surface area contributed by atoms with Crippen LogP contribution < -0.4 is 20.1 Å². The fraction of sp³-hybridized carbons (Fsp3) is 0.472. The second kappa shape index (κ2) is 13.7. The summed E-state index contributed by atoms with van der Waals surface area (Å²) in [4.78, 5) is 58.4. The number of benzene rings is 2. The zero-order valence-electron chi connectivity index (χ0n) is 28.2. The van der Waals surface area contributed by atoms with E-state index in [9.17, 15) is 24.3 Å². The van der Waals surface area contributed by atoms with Gasteiger partial charge in [-0.2, -0.15) is 0 Å². The van der Waals surface area contributed by atoms with Crippen LogP contribution in [0.4, 0.5) is 4.79 Å². The van der Waals surface area contributed by atoms with Crippen LogP contribution in [0, 0.1) is 5.92 Å². The van der Waals surface area contributed by atoms with E-state index in [1.165, 1.54) is 4.90 Å². The van der Waals surface area contributed by atoms with Gasteiger partial charge >= 0.3 is 12.1 Å². The largest absolute Gasteiger partial charge is 0.497 e. The molecule has 2 aromatic carbocycles. The van der Waals surface area contributed by atoms with E-state index in [1.54, 1.807) is 27.9 Å². The molecule has 1 saturated carbocycles. The molecule has 1 aliphatic heterocycles. The highest BCUT2D eigenvalue weighted by Gasteiger charge is 2.53. The van der Waals surface area contributed by atoms with E-state index in [-0.39, 0.29) is 31.2 Å². The average Bonchev–Trinajstić information content (AvgIpc) is 3.69. The van der Waals surface area contributed by atoms with Crippen molar-refractivity contribution in [3.05, 3.63) is 54.6 Å². The molecule has 48 heavy (non-hydrogen) atoms. The molecule has 0 radical (unpaired) electrons. The van der Waals surface area contributed by atoms with Crippen molar-refractivity contribution in [3.63, 3.8) is 0 Å². The number of carboxylic acid groups (broad SMARTS) is 1. The SMILES string of the molecule is COc1ccc2c(O[C@@H]3C[C@@H](C(=O)NC4(C(=O)O)CC4)N(C(=O)C[C@@H](NC(=O)OC(C)(C)C)C(C)C)C3)cc(-c3ccccc3)nc2c1. The second-order valence-electron chi connectivity index (χ2n) is 13.9. The van der Waals surface area contributed by atoms with Gasteiger partial charge in [-0.15, -0.1) is 0 Å². The van der Waals surface area contributed by atoms with Crippen molar-refractivity contribution in [2.45, 2.75) is 89.6 Å². The smallest absolute Gasteiger partial charge is 0.407 e. The van der Waals surface area contributed by atoms with Crippen LogP contribution in [0.5, 0.6) is 11.5 Å². The molecule has 3 N–H and O–H groups in total. The molecular formula is C36H44N4O8. The Kier molecular flexibility index (Phi) is 9.84. The first-order valence-corrected chi connectivity index (χ1v) is 16.2. The van der Waals surface area contributed by atoms with Gasteiger partial charge in [-0.25, -0.2) is 14.6 Å². The fourth-order valence-electron chi connectivity index (χ4n) is 5.80. The zero-order chi connectivity index (χ0) is 34.8. The number of amides is 3. The quantitative estimate of drug-likeness (QED) is 0.260. The Balaban J connectivity index is 1.43. The third kappa shape index (κ3) is 7.98. The summed E-state index contributed by atoms with van der Waals surface area (Å²) in [6.07, 6.45) is -0.555. The predicted molar refractivity (Wildman–Crippen MR) is 179 cm³/mol. The number of methoxy groups -OCH3 is 1. The Bertz CT molecular complexity index is 1680. The van der Waals surface area contributed by atoms with E-state index in [2.05, 4.69) is 10.6 Å². The summed E-state index contributed by atoms with van der Waals surface area (Å²) in [7, 11) is 1.58. The van der Waals surface area contributed by atoms with Gasteiger partial charge in [-0.1, -0.05) is 44.2 Å². The van der Waals surface area contributed by atoms with Gasteiger partial charge < -0.3 is 34.9 Å². The van der Waals surface area contributed by atoms with Crippen LogP contribution in [0.15, 0.2) is 54.6 Å². The maximum atomic E-state index is 13.9. The maximum Gasteiger partial charge on any atom is 0.407 e. The normalized spacial score (nSPS) is 19.0. The van der Waals surface area contributed by atoms with Gasteiger partial charge in [-0.3, -0.25) is 9.59 Å². The number of carbonyl (C=O) groups excluding carboxylic acids is 3. The molecular weight excluding hydrogens is 616 g/mol. The minimum absolute atomic E-state index is 0.0783. The molecule has 3 atom stereocenters. The number of aromatic nitrogens is 1. The first-order chi connectivity index (χ1) is 22.7. The van der Waals surface area contributed by atoms with Gasteiger partial charge in [0.2, 0.25) is 11.8 Å². The molecule has 3 amide bonds. The van der Waals surface area contributed by atoms with Crippen LogP contribution in [0.3, 0.4) is 0 Å². The zero-order valence-corrected chi connectivity index (χ0v) is 28.2. The van der Waals surface area contributed by atoms with E-state index in [4.69, 9.17) is 19.2 Å². The highest BCUT2D eigenvalue weighted by Crippen LogP contribution is 2.37. The Labute approximate surface area is 280 Å². The van der Waals surface area contributed by atoms with E-state index >= 15 is 0 Å². The van der Waals surface area contributed by atoms with Crippen LogP contribution in [-0.4, -0.2) is 81.8 Å². The lowest BCUT2D eigenvalue weighted by Crippen LogP contribution is -2.53. The van der Waals surface area contributed by atoms with E-state index in [0.29, 0.717) is 35.6 Å². The molecule has 0 spiro atoms. The molecule has 3 aromatic rings. The lowest BCUT2D eigenvalue weighted by molar-refractivity contribution is -0.145. The molecule has 2 aliphatic rings.